The van der Waals surface area contributed by atoms with Gasteiger partial charge >= 0.3 is 0 Å². The Labute approximate surface area is 106 Å². The second-order valence-electron chi connectivity index (χ2n) is 3.92. The highest BCUT2D eigenvalue weighted by Gasteiger charge is 2.05. The zero-order chi connectivity index (χ0) is 11.9. The van der Waals surface area contributed by atoms with E-state index in [4.69, 9.17) is 4.42 Å². The largest absolute Gasteiger partial charge is 0.444 e. The van der Waals surface area contributed by atoms with Gasteiger partial charge in [0.05, 0.1) is 5.69 Å². The van der Waals surface area contributed by atoms with Crippen LogP contribution in [0, 0.1) is 0 Å². The number of benzene rings is 1. The average molecular weight is 247 g/mol. The van der Waals surface area contributed by atoms with Crippen LogP contribution in [0.2, 0.25) is 0 Å². The highest BCUT2D eigenvalue weighted by molar-refractivity contribution is 7.98. The highest BCUT2D eigenvalue weighted by Crippen LogP contribution is 2.20. The van der Waals surface area contributed by atoms with Gasteiger partial charge in [-0.25, -0.2) is 4.98 Å². The molecule has 0 aliphatic rings. The van der Waals surface area contributed by atoms with E-state index in [0.717, 1.165) is 22.9 Å². The van der Waals surface area contributed by atoms with Crippen LogP contribution >= 0.6 is 11.8 Å². The number of nitrogens with zero attached hydrogens (tertiary/aromatic N) is 1. The summed E-state index contributed by atoms with van der Waals surface area (Å²) < 4.78 is 5.48. The topological polar surface area (TPSA) is 26.0 Å². The maximum atomic E-state index is 5.48. The molecule has 0 unspecified atom stereocenters. The van der Waals surface area contributed by atoms with Crippen molar-refractivity contribution in [3.05, 3.63) is 42.3 Å². The Morgan fingerprint density at radius 2 is 2.06 bits per heavy atom. The maximum absolute atomic E-state index is 5.48. The van der Waals surface area contributed by atoms with Crippen LogP contribution in [-0.4, -0.2) is 10.7 Å². The van der Waals surface area contributed by atoms with Crippen molar-refractivity contribution in [1.29, 1.82) is 0 Å². The van der Waals surface area contributed by atoms with E-state index < -0.39 is 0 Å². The summed E-state index contributed by atoms with van der Waals surface area (Å²) in [5.74, 6) is 2.86. The molecule has 2 rings (SSSR count). The first-order valence-electron chi connectivity index (χ1n) is 5.97. The van der Waals surface area contributed by atoms with Crippen LogP contribution in [0.5, 0.6) is 0 Å². The van der Waals surface area contributed by atoms with Gasteiger partial charge in [0.1, 0.15) is 6.26 Å². The fourth-order valence-corrected chi connectivity index (χ4v) is 2.49. The van der Waals surface area contributed by atoms with Crippen LogP contribution in [0.4, 0.5) is 0 Å². The lowest BCUT2D eigenvalue weighted by atomic mass is 10.2. The third kappa shape index (κ3) is 3.63. The van der Waals surface area contributed by atoms with Crippen LogP contribution < -0.4 is 0 Å². The molecular weight excluding hydrogens is 230 g/mol. The Bertz CT molecular complexity index is 438. The molecule has 0 spiro atoms. The number of thioether (sulfide) groups is 1. The van der Waals surface area contributed by atoms with E-state index in [9.17, 15) is 0 Å². The van der Waals surface area contributed by atoms with E-state index in [2.05, 4.69) is 11.9 Å². The predicted molar refractivity (Wildman–Crippen MR) is 73.0 cm³/mol. The summed E-state index contributed by atoms with van der Waals surface area (Å²) in [6, 6.07) is 10.0. The molecule has 0 bridgehead atoms. The van der Waals surface area contributed by atoms with Gasteiger partial charge < -0.3 is 4.42 Å². The fourth-order valence-electron chi connectivity index (χ4n) is 1.51. The van der Waals surface area contributed by atoms with E-state index >= 15 is 0 Å². The van der Waals surface area contributed by atoms with E-state index in [1.807, 2.05) is 42.1 Å². The predicted octanol–water partition coefficient (Wildman–Crippen LogP) is 4.37. The summed E-state index contributed by atoms with van der Waals surface area (Å²) in [5, 5.41) is 0. The molecule has 17 heavy (non-hydrogen) atoms. The van der Waals surface area contributed by atoms with Crippen molar-refractivity contribution in [2.45, 2.75) is 25.5 Å². The van der Waals surface area contributed by atoms with Crippen LogP contribution in [0.3, 0.4) is 0 Å². The molecule has 0 aliphatic heterocycles. The normalized spacial score (nSPS) is 10.6. The molecule has 1 aromatic carbocycles. The summed E-state index contributed by atoms with van der Waals surface area (Å²) in [4.78, 5) is 4.49. The lowest BCUT2D eigenvalue weighted by Crippen LogP contribution is -1.84. The highest BCUT2D eigenvalue weighted by atomic mass is 32.2. The van der Waals surface area contributed by atoms with E-state index in [1.165, 1.54) is 18.6 Å². The third-order valence-electron chi connectivity index (χ3n) is 2.46. The van der Waals surface area contributed by atoms with Crippen molar-refractivity contribution in [3.8, 4) is 11.5 Å². The van der Waals surface area contributed by atoms with Gasteiger partial charge in [-0.3, -0.25) is 0 Å². The van der Waals surface area contributed by atoms with Crippen LogP contribution in [0.1, 0.15) is 25.5 Å². The SMILES string of the molecule is CCCCSCc1coc(-c2ccccc2)n1. The zero-order valence-electron chi connectivity index (χ0n) is 10.1. The average Bonchev–Trinajstić information content (AvgIpc) is 2.85. The first kappa shape index (κ1) is 12.2. The maximum Gasteiger partial charge on any atom is 0.226 e. The minimum absolute atomic E-state index is 0.719. The van der Waals surface area contributed by atoms with Crippen molar-refractivity contribution in [2.24, 2.45) is 0 Å². The fraction of sp³-hybridized carbons (Fsp3) is 0.357. The lowest BCUT2D eigenvalue weighted by Gasteiger charge is -1.95. The second-order valence-corrected chi connectivity index (χ2v) is 5.02. The Morgan fingerprint density at radius 3 is 2.82 bits per heavy atom. The molecule has 0 radical (unpaired) electrons. The quantitative estimate of drug-likeness (QED) is 0.709. The molecular formula is C14H17NOS. The molecule has 0 aliphatic carbocycles. The first-order chi connectivity index (χ1) is 8.40. The standard InChI is InChI=1S/C14H17NOS/c1-2-3-9-17-11-13-10-16-14(15-13)12-7-5-4-6-8-12/h4-8,10H,2-3,9,11H2,1H3. The zero-order valence-corrected chi connectivity index (χ0v) is 10.9. The van der Waals surface area contributed by atoms with Gasteiger partial charge in [-0.1, -0.05) is 31.5 Å². The molecule has 3 heteroatoms. The summed E-state index contributed by atoms with van der Waals surface area (Å²) in [6.45, 7) is 2.21. The van der Waals surface area contributed by atoms with Gasteiger partial charge in [-0.05, 0) is 24.3 Å². The van der Waals surface area contributed by atoms with Crippen molar-refractivity contribution >= 4 is 11.8 Å². The first-order valence-corrected chi connectivity index (χ1v) is 7.13. The van der Waals surface area contributed by atoms with Gasteiger partial charge in [0, 0.05) is 11.3 Å². The molecule has 1 heterocycles. The lowest BCUT2D eigenvalue weighted by molar-refractivity contribution is 0.573. The van der Waals surface area contributed by atoms with Crippen LogP contribution in [0.25, 0.3) is 11.5 Å². The van der Waals surface area contributed by atoms with Gasteiger partial charge in [0.25, 0.3) is 0 Å². The Kier molecular flexibility index (Phi) is 4.68. The Morgan fingerprint density at radius 1 is 1.24 bits per heavy atom. The molecule has 2 aromatic rings. The molecule has 0 fully saturated rings. The number of unbranched alkanes of at least 4 members (excludes halogenated alkanes) is 1. The molecule has 0 amide bonds. The van der Waals surface area contributed by atoms with Gasteiger partial charge in [0.2, 0.25) is 5.89 Å². The molecule has 0 saturated heterocycles. The summed E-state index contributed by atoms with van der Waals surface area (Å²) >= 11 is 1.92. The van der Waals surface area contributed by atoms with Crippen LogP contribution in [0.15, 0.2) is 41.0 Å². The van der Waals surface area contributed by atoms with Crippen molar-refractivity contribution in [3.63, 3.8) is 0 Å². The molecule has 1 aromatic heterocycles. The number of aromatic nitrogens is 1. The minimum atomic E-state index is 0.719. The van der Waals surface area contributed by atoms with Gasteiger partial charge in [0.15, 0.2) is 0 Å². The molecule has 0 atom stereocenters. The summed E-state index contributed by atoms with van der Waals surface area (Å²) in [5.41, 5.74) is 2.07. The monoisotopic (exact) mass is 247 g/mol. The molecule has 2 nitrogen and oxygen atoms in total. The van der Waals surface area contributed by atoms with E-state index in [-0.39, 0.29) is 0 Å². The second kappa shape index (κ2) is 6.50. The smallest absolute Gasteiger partial charge is 0.226 e. The summed E-state index contributed by atoms with van der Waals surface area (Å²) in [6.07, 6.45) is 4.29. The van der Waals surface area contributed by atoms with E-state index in [1.54, 1.807) is 6.26 Å². The van der Waals surface area contributed by atoms with Gasteiger partial charge in [-0.15, -0.1) is 0 Å². The van der Waals surface area contributed by atoms with Gasteiger partial charge in [-0.2, -0.15) is 11.8 Å². The molecule has 0 N–H and O–H groups in total. The van der Waals surface area contributed by atoms with Crippen LogP contribution in [-0.2, 0) is 5.75 Å². The van der Waals surface area contributed by atoms with E-state index in [0.29, 0.717) is 0 Å². The minimum Gasteiger partial charge on any atom is -0.444 e. The third-order valence-corrected chi connectivity index (χ3v) is 3.54. The van der Waals surface area contributed by atoms with Crippen molar-refractivity contribution in [2.75, 3.05) is 5.75 Å². The number of hydrogen-bond acceptors (Lipinski definition) is 3. The Balaban J connectivity index is 1.92. The number of rotatable bonds is 6. The van der Waals surface area contributed by atoms with Crippen molar-refractivity contribution in [1.82, 2.24) is 4.98 Å². The summed E-state index contributed by atoms with van der Waals surface area (Å²) in [7, 11) is 0. The molecule has 0 saturated carbocycles. The molecule has 90 valence electrons. The number of hydrogen-bond donors (Lipinski definition) is 0. The van der Waals surface area contributed by atoms with Crippen molar-refractivity contribution < 1.29 is 4.42 Å². The number of oxazole rings is 1. The Hall–Kier alpha value is -1.22.